The smallest absolute Gasteiger partial charge is 0.224 e. The van der Waals surface area contributed by atoms with E-state index < -0.39 is 6.10 Å². The van der Waals surface area contributed by atoms with E-state index in [1.807, 2.05) is 62.4 Å². The van der Waals surface area contributed by atoms with Crippen LogP contribution in [0.25, 0.3) is 0 Å². The number of aliphatic hydroxyl groups is 1. The van der Waals surface area contributed by atoms with E-state index in [0.717, 1.165) is 22.4 Å². The lowest BCUT2D eigenvalue weighted by Crippen LogP contribution is -2.43. The number of aromatic hydroxyl groups is 2. The number of benzene rings is 3. The molecule has 0 fully saturated rings. The summed E-state index contributed by atoms with van der Waals surface area (Å²) in [7, 11) is 1.62. The molecular formula is C28H34N2O5. The highest BCUT2D eigenvalue weighted by atomic mass is 16.5. The van der Waals surface area contributed by atoms with Gasteiger partial charge in [0.15, 0.2) is 0 Å². The number of methoxy groups -OCH3 is 1. The topological polar surface area (TPSA) is 111 Å². The second-order valence-electron chi connectivity index (χ2n) is 9.36. The highest BCUT2D eigenvalue weighted by molar-refractivity contribution is 5.78. The molecule has 0 bridgehead atoms. The maximum Gasteiger partial charge on any atom is 0.224 e. The molecule has 0 unspecified atom stereocenters. The van der Waals surface area contributed by atoms with Crippen LogP contribution in [0.3, 0.4) is 0 Å². The molecule has 0 aliphatic heterocycles. The van der Waals surface area contributed by atoms with Crippen LogP contribution in [0.5, 0.6) is 17.2 Å². The molecule has 7 nitrogen and oxygen atoms in total. The van der Waals surface area contributed by atoms with Crippen molar-refractivity contribution < 1.29 is 24.9 Å². The van der Waals surface area contributed by atoms with Gasteiger partial charge in [0.05, 0.1) is 19.6 Å². The zero-order chi connectivity index (χ0) is 25.4. The number of carbonyl (C=O) groups is 1. The monoisotopic (exact) mass is 478 g/mol. The number of nitrogens with one attached hydrogen (secondary N) is 2. The van der Waals surface area contributed by atoms with E-state index >= 15 is 0 Å². The molecule has 35 heavy (non-hydrogen) atoms. The van der Waals surface area contributed by atoms with Crippen molar-refractivity contribution in [2.45, 2.75) is 44.9 Å². The van der Waals surface area contributed by atoms with Crippen molar-refractivity contribution in [3.05, 3.63) is 89.0 Å². The van der Waals surface area contributed by atoms with Crippen LogP contribution in [0, 0.1) is 0 Å². The summed E-state index contributed by atoms with van der Waals surface area (Å²) in [6.45, 7) is 4.78. The maximum absolute atomic E-state index is 12.5. The number of hydrogen-bond acceptors (Lipinski definition) is 6. The van der Waals surface area contributed by atoms with Crippen molar-refractivity contribution in [2.24, 2.45) is 0 Å². The van der Waals surface area contributed by atoms with Gasteiger partial charge in [0.25, 0.3) is 0 Å². The minimum Gasteiger partial charge on any atom is -0.508 e. The van der Waals surface area contributed by atoms with Crippen molar-refractivity contribution in [1.82, 2.24) is 10.6 Å². The van der Waals surface area contributed by atoms with Crippen LogP contribution in [-0.4, -0.2) is 40.4 Å². The maximum atomic E-state index is 12.5. The summed E-state index contributed by atoms with van der Waals surface area (Å²) in [5.74, 6) is 0.543. The summed E-state index contributed by atoms with van der Waals surface area (Å²) in [4.78, 5) is 12.5. The molecule has 0 saturated carbocycles. The summed E-state index contributed by atoms with van der Waals surface area (Å²) >= 11 is 0. The van der Waals surface area contributed by atoms with E-state index in [0.29, 0.717) is 18.5 Å². The molecular weight excluding hydrogens is 444 g/mol. The summed E-state index contributed by atoms with van der Waals surface area (Å²) in [6, 6.07) is 19.6. The predicted octanol–water partition coefficient (Wildman–Crippen LogP) is 3.61. The van der Waals surface area contributed by atoms with Crippen LogP contribution in [0.1, 0.15) is 42.2 Å². The molecule has 0 radical (unpaired) electrons. The van der Waals surface area contributed by atoms with Gasteiger partial charge < -0.3 is 30.7 Å². The van der Waals surface area contributed by atoms with Crippen molar-refractivity contribution in [2.75, 3.05) is 13.7 Å². The molecule has 3 aromatic rings. The number of hydrogen-bond donors (Lipinski definition) is 5. The first kappa shape index (κ1) is 26.1. The van der Waals surface area contributed by atoms with Gasteiger partial charge in [-0.25, -0.2) is 0 Å². The molecule has 1 atom stereocenters. The van der Waals surface area contributed by atoms with Gasteiger partial charge in [0, 0.05) is 24.7 Å². The molecule has 0 aromatic heterocycles. The van der Waals surface area contributed by atoms with Crippen LogP contribution < -0.4 is 15.4 Å². The minimum atomic E-state index is -0.881. The van der Waals surface area contributed by atoms with E-state index in [4.69, 9.17) is 4.74 Å². The van der Waals surface area contributed by atoms with E-state index in [-0.39, 0.29) is 35.9 Å². The molecule has 1 amide bonds. The fourth-order valence-electron chi connectivity index (χ4n) is 3.92. The van der Waals surface area contributed by atoms with Gasteiger partial charge in [-0.1, -0.05) is 36.4 Å². The van der Waals surface area contributed by atoms with Gasteiger partial charge >= 0.3 is 0 Å². The Morgan fingerprint density at radius 1 is 0.943 bits per heavy atom. The summed E-state index contributed by atoms with van der Waals surface area (Å²) in [5.41, 5.74) is 3.11. The number of aliphatic hydroxyl groups excluding tert-OH is 1. The number of carbonyl (C=O) groups excluding carboxylic acids is 1. The quantitative estimate of drug-likeness (QED) is 0.288. The molecule has 0 aliphatic carbocycles. The summed E-state index contributed by atoms with van der Waals surface area (Å²) in [6.07, 6.45) is 0.0946. The number of ether oxygens (including phenoxy) is 1. The van der Waals surface area contributed by atoms with Crippen molar-refractivity contribution >= 4 is 5.91 Å². The third-order valence-corrected chi connectivity index (χ3v) is 5.73. The lowest BCUT2D eigenvalue weighted by atomic mass is 9.93. The Balaban J connectivity index is 1.51. The third-order valence-electron chi connectivity index (χ3n) is 5.73. The largest absolute Gasteiger partial charge is 0.508 e. The molecule has 7 heteroatoms. The van der Waals surface area contributed by atoms with Crippen molar-refractivity contribution in [3.8, 4) is 17.2 Å². The lowest BCUT2D eigenvalue weighted by molar-refractivity contribution is -0.120. The highest BCUT2D eigenvalue weighted by Gasteiger charge is 2.20. The molecule has 0 spiro atoms. The average Bonchev–Trinajstić information content (AvgIpc) is 2.81. The standard InChI is InChI=1S/C28H34N2O5/c1-28(2,30-18-26(33)22-13-23(31)15-24(32)14-22)16-21-6-4-5-20(11-21)12-27(34)29-17-19-7-9-25(35-3)10-8-19/h4-11,13-15,26,30-33H,12,16-18H2,1-3H3,(H,29,34)/t26-/m0/s1. The van der Waals surface area contributed by atoms with E-state index in [1.54, 1.807) is 7.11 Å². The second kappa shape index (κ2) is 11.7. The van der Waals surface area contributed by atoms with Crippen LogP contribution in [0.2, 0.25) is 0 Å². The Morgan fingerprint density at radius 2 is 1.60 bits per heavy atom. The molecule has 3 rings (SSSR count). The molecule has 3 aromatic carbocycles. The zero-order valence-electron chi connectivity index (χ0n) is 20.4. The SMILES string of the molecule is COc1ccc(CNC(=O)Cc2cccc(CC(C)(C)NC[C@H](O)c3cc(O)cc(O)c3)c2)cc1. The van der Waals surface area contributed by atoms with Gasteiger partial charge in [-0.05, 0) is 66.8 Å². The molecule has 5 N–H and O–H groups in total. The lowest BCUT2D eigenvalue weighted by Gasteiger charge is -2.28. The number of phenolic OH excluding ortho intramolecular Hbond substituents is 2. The summed E-state index contributed by atoms with van der Waals surface area (Å²) < 4.78 is 5.15. The molecule has 0 heterocycles. The summed E-state index contributed by atoms with van der Waals surface area (Å²) in [5, 5.41) is 36.1. The average molecular weight is 479 g/mol. The van der Waals surface area contributed by atoms with Gasteiger partial charge in [-0.2, -0.15) is 0 Å². The number of β-amino-alcohol motifs (C(OH)–C–C–N with tert-alkyl or cyclic N) is 1. The molecule has 0 saturated heterocycles. The van der Waals surface area contributed by atoms with Crippen molar-refractivity contribution in [1.29, 1.82) is 0 Å². The van der Waals surface area contributed by atoms with Gasteiger partial charge in [-0.3, -0.25) is 4.79 Å². The van der Waals surface area contributed by atoms with Crippen LogP contribution in [0.4, 0.5) is 0 Å². The molecule has 186 valence electrons. The first-order valence-corrected chi connectivity index (χ1v) is 11.6. The Labute approximate surface area is 206 Å². The number of rotatable bonds is 11. The Hall–Kier alpha value is -3.55. The first-order chi connectivity index (χ1) is 16.6. The Morgan fingerprint density at radius 3 is 2.26 bits per heavy atom. The minimum absolute atomic E-state index is 0.0483. The number of phenols is 2. The third kappa shape index (κ3) is 8.31. The van der Waals surface area contributed by atoms with Crippen LogP contribution in [-0.2, 0) is 24.2 Å². The predicted molar refractivity (Wildman–Crippen MR) is 136 cm³/mol. The van der Waals surface area contributed by atoms with Gasteiger partial charge in [-0.15, -0.1) is 0 Å². The second-order valence-corrected chi connectivity index (χ2v) is 9.36. The normalized spacial score (nSPS) is 12.2. The fourth-order valence-corrected chi connectivity index (χ4v) is 3.92. The highest BCUT2D eigenvalue weighted by Crippen LogP contribution is 2.25. The fraction of sp³-hybridized carbons (Fsp3) is 0.321. The van der Waals surface area contributed by atoms with E-state index in [9.17, 15) is 20.1 Å². The Kier molecular flexibility index (Phi) is 8.73. The molecule has 0 aliphatic rings. The van der Waals surface area contributed by atoms with E-state index in [1.165, 1.54) is 18.2 Å². The van der Waals surface area contributed by atoms with Crippen molar-refractivity contribution in [3.63, 3.8) is 0 Å². The first-order valence-electron chi connectivity index (χ1n) is 11.6. The van der Waals surface area contributed by atoms with E-state index in [2.05, 4.69) is 10.6 Å². The zero-order valence-corrected chi connectivity index (χ0v) is 20.4. The van der Waals surface area contributed by atoms with Crippen LogP contribution >= 0.6 is 0 Å². The Bertz CT molecular complexity index is 1110. The van der Waals surface area contributed by atoms with Gasteiger partial charge in [0.2, 0.25) is 5.91 Å². The number of amides is 1. The van der Waals surface area contributed by atoms with Gasteiger partial charge in [0.1, 0.15) is 17.2 Å². The van der Waals surface area contributed by atoms with Crippen LogP contribution in [0.15, 0.2) is 66.7 Å².